The monoisotopic (exact) mass is 396 g/mol. The number of hydrogen-bond donors (Lipinski definition) is 2. The number of benzene rings is 2. The summed E-state index contributed by atoms with van der Waals surface area (Å²) in [6, 6.07) is 14.1. The van der Waals surface area contributed by atoms with Gasteiger partial charge in [0.25, 0.3) is 0 Å². The molecule has 2 amide bonds. The predicted octanol–water partition coefficient (Wildman–Crippen LogP) is 4.54. The Kier molecular flexibility index (Phi) is 7.62. The molecule has 0 aliphatic carbocycles. The van der Waals surface area contributed by atoms with Gasteiger partial charge in [0.15, 0.2) is 0 Å². The highest BCUT2D eigenvalue weighted by atomic mass is 35.5. The second-order valence-corrected chi connectivity index (χ2v) is 7.25. The first-order valence-corrected chi connectivity index (χ1v) is 9.53. The number of rotatable bonds is 7. The van der Waals surface area contributed by atoms with Crippen LogP contribution in [0.15, 0.2) is 48.5 Å². The van der Waals surface area contributed by atoms with E-state index in [1.54, 1.807) is 36.4 Å². The van der Waals surface area contributed by atoms with Crippen molar-refractivity contribution in [3.8, 4) is 0 Å². The molecule has 0 aliphatic heterocycles. The fraction of sp³-hybridized carbons (Fsp3) is 0.222. The minimum Gasteiger partial charge on any atom is -0.349 e. The Morgan fingerprint density at radius 3 is 2.04 bits per heavy atom. The van der Waals surface area contributed by atoms with E-state index in [1.165, 1.54) is 11.8 Å². The lowest BCUT2D eigenvalue weighted by atomic mass is 10.1. The molecule has 0 saturated carbocycles. The molecule has 2 aromatic carbocycles. The normalized spacial score (nSPS) is 11.6. The lowest BCUT2D eigenvalue weighted by Crippen LogP contribution is -2.28. The highest BCUT2D eigenvalue weighted by molar-refractivity contribution is 8.00. The van der Waals surface area contributed by atoms with Crippen molar-refractivity contribution in [3.63, 3.8) is 0 Å². The van der Waals surface area contributed by atoms with E-state index in [2.05, 4.69) is 10.6 Å². The van der Waals surface area contributed by atoms with E-state index in [4.69, 9.17) is 23.2 Å². The van der Waals surface area contributed by atoms with Crippen LogP contribution in [0.5, 0.6) is 0 Å². The second-order valence-electron chi connectivity index (χ2n) is 5.39. The Bertz CT molecular complexity index is 721. The molecule has 2 N–H and O–H groups in total. The zero-order valence-electron chi connectivity index (χ0n) is 13.6. The van der Waals surface area contributed by atoms with Crippen LogP contribution in [0.1, 0.15) is 18.5 Å². The molecule has 0 unspecified atom stereocenters. The highest BCUT2D eigenvalue weighted by Gasteiger charge is 2.11. The molecule has 1 atom stereocenters. The summed E-state index contributed by atoms with van der Waals surface area (Å²) in [4.78, 5) is 23.8. The molecule has 0 bridgehead atoms. The third kappa shape index (κ3) is 6.98. The van der Waals surface area contributed by atoms with Crippen LogP contribution in [0.25, 0.3) is 0 Å². The van der Waals surface area contributed by atoms with Crippen LogP contribution in [0.4, 0.5) is 5.69 Å². The maximum absolute atomic E-state index is 12.0. The Morgan fingerprint density at radius 1 is 0.920 bits per heavy atom. The summed E-state index contributed by atoms with van der Waals surface area (Å²) in [6.45, 7) is 1.90. The Morgan fingerprint density at radius 2 is 1.44 bits per heavy atom. The molecule has 4 nitrogen and oxygen atoms in total. The number of carbonyl (C=O) groups is 2. The molecule has 0 saturated heterocycles. The fourth-order valence-electron chi connectivity index (χ4n) is 2.08. The summed E-state index contributed by atoms with van der Waals surface area (Å²) in [5.41, 5.74) is 1.65. The Hall–Kier alpha value is -1.69. The quantitative estimate of drug-likeness (QED) is 0.721. The summed E-state index contributed by atoms with van der Waals surface area (Å²) in [5.74, 6) is 0.134. The number of anilines is 1. The molecule has 7 heteroatoms. The topological polar surface area (TPSA) is 58.2 Å². The maximum atomic E-state index is 12.0. The number of halogens is 2. The molecule has 0 spiro atoms. The first-order valence-electron chi connectivity index (χ1n) is 7.62. The van der Waals surface area contributed by atoms with Crippen molar-refractivity contribution in [2.24, 2.45) is 0 Å². The number of nitrogens with one attached hydrogen (secondary N) is 2. The molecule has 0 aliphatic rings. The minimum atomic E-state index is -0.161. The van der Waals surface area contributed by atoms with Gasteiger partial charge in [-0.3, -0.25) is 9.59 Å². The first kappa shape index (κ1) is 19.6. The smallest absolute Gasteiger partial charge is 0.234 e. The van der Waals surface area contributed by atoms with Crippen LogP contribution in [0.3, 0.4) is 0 Å². The van der Waals surface area contributed by atoms with Gasteiger partial charge in [0, 0.05) is 15.7 Å². The van der Waals surface area contributed by atoms with E-state index in [0.717, 1.165) is 5.56 Å². The van der Waals surface area contributed by atoms with Crippen LogP contribution < -0.4 is 10.6 Å². The third-order valence-electron chi connectivity index (χ3n) is 3.34. The van der Waals surface area contributed by atoms with Gasteiger partial charge < -0.3 is 10.6 Å². The van der Waals surface area contributed by atoms with E-state index in [0.29, 0.717) is 15.7 Å². The van der Waals surface area contributed by atoms with Gasteiger partial charge in [-0.1, -0.05) is 35.3 Å². The van der Waals surface area contributed by atoms with Gasteiger partial charge >= 0.3 is 0 Å². The van der Waals surface area contributed by atoms with Crippen LogP contribution in [-0.2, 0) is 9.59 Å². The van der Waals surface area contributed by atoms with Crippen LogP contribution in [-0.4, -0.2) is 23.3 Å². The lowest BCUT2D eigenvalue weighted by molar-refractivity contribution is -0.119. The maximum Gasteiger partial charge on any atom is 0.234 e. The molecule has 2 aromatic rings. The van der Waals surface area contributed by atoms with Gasteiger partial charge in [0.2, 0.25) is 11.8 Å². The van der Waals surface area contributed by atoms with Crippen LogP contribution >= 0.6 is 35.0 Å². The Balaban J connectivity index is 1.70. The standard InChI is InChI=1S/C18H18Cl2N2O2S/c1-12(13-2-4-14(19)5-3-13)21-17(23)10-25-11-18(24)22-16-8-6-15(20)7-9-16/h2-9,12H,10-11H2,1H3,(H,21,23)(H,22,24)/t12-/m1/s1. The highest BCUT2D eigenvalue weighted by Crippen LogP contribution is 2.16. The van der Waals surface area contributed by atoms with Crippen molar-refractivity contribution < 1.29 is 9.59 Å². The number of carbonyl (C=O) groups excluding carboxylic acids is 2. The average Bonchev–Trinajstić information content (AvgIpc) is 2.57. The summed E-state index contributed by atoms with van der Waals surface area (Å²) >= 11 is 12.9. The zero-order valence-corrected chi connectivity index (χ0v) is 15.9. The molecule has 132 valence electrons. The van der Waals surface area contributed by atoms with Gasteiger partial charge in [-0.2, -0.15) is 0 Å². The van der Waals surface area contributed by atoms with Gasteiger partial charge in [-0.05, 0) is 48.9 Å². The van der Waals surface area contributed by atoms with E-state index in [-0.39, 0.29) is 29.4 Å². The van der Waals surface area contributed by atoms with E-state index < -0.39 is 0 Å². The van der Waals surface area contributed by atoms with Crippen LogP contribution in [0, 0.1) is 0 Å². The van der Waals surface area contributed by atoms with E-state index >= 15 is 0 Å². The van der Waals surface area contributed by atoms with Crippen molar-refractivity contribution >= 4 is 52.5 Å². The van der Waals surface area contributed by atoms with Gasteiger partial charge in [-0.25, -0.2) is 0 Å². The molecular formula is C18H18Cl2N2O2S. The third-order valence-corrected chi connectivity index (χ3v) is 4.78. The molecule has 0 aromatic heterocycles. The van der Waals surface area contributed by atoms with Crippen LogP contribution in [0.2, 0.25) is 10.0 Å². The van der Waals surface area contributed by atoms with Gasteiger partial charge in [0.05, 0.1) is 17.5 Å². The van der Waals surface area contributed by atoms with Crippen molar-refractivity contribution in [1.29, 1.82) is 0 Å². The van der Waals surface area contributed by atoms with Gasteiger partial charge in [-0.15, -0.1) is 11.8 Å². The molecule has 2 rings (SSSR count). The number of thioether (sulfide) groups is 1. The first-order chi connectivity index (χ1) is 11.9. The van der Waals surface area contributed by atoms with E-state index in [1.807, 2.05) is 19.1 Å². The number of amides is 2. The average molecular weight is 397 g/mol. The lowest BCUT2D eigenvalue weighted by Gasteiger charge is -2.14. The Labute approximate surface area is 161 Å². The van der Waals surface area contributed by atoms with Gasteiger partial charge in [0.1, 0.15) is 0 Å². The van der Waals surface area contributed by atoms with Crippen molar-refractivity contribution in [2.45, 2.75) is 13.0 Å². The molecule has 0 fully saturated rings. The minimum absolute atomic E-state index is 0.117. The molecule has 0 heterocycles. The van der Waals surface area contributed by atoms with E-state index in [9.17, 15) is 9.59 Å². The summed E-state index contributed by atoms with van der Waals surface area (Å²) in [6.07, 6.45) is 0. The zero-order chi connectivity index (χ0) is 18.2. The fourth-order valence-corrected chi connectivity index (χ4v) is 2.96. The van der Waals surface area contributed by atoms with Crippen molar-refractivity contribution in [1.82, 2.24) is 5.32 Å². The molecular weight excluding hydrogens is 379 g/mol. The largest absolute Gasteiger partial charge is 0.349 e. The predicted molar refractivity (Wildman–Crippen MR) is 105 cm³/mol. The summed E-state index contributed by atoms with van der Waals surface area (Å²) < 4.78 is 0. The summed E-state index contributed by atoms with van der Waals surface area (Å²) in [5, 5.41) is 6.92. The molecule has 25 heavy (non-hydrogen) atoms. The SMILES string of the molecule is C[C@@H](NC(=O)CSCC(=O)Nc1ccc(Cl)cc1)c1ccc(Cl)cc1. The van der Waals surface area contributed by atoms with Crippen molar-refractivity contribution in [3.05, 3.63) is 64.1 Å². The number of hydrogen-bond acceptors (Lipinski definition) is 3. The van der Waals surface area contributed by atoms with Crippen molar-refractivity contribution in [2.75, 3.05) is 16.8 Å². The second kappa shape index (κ2) is 9.70. The molecule has 0 radical (unpaired) electrons. The summed E-state index contributed by atoms with van der Waals surface area (Å²) in [7, 11) is 0.